The molecule has 0 aliphatic carbocycles. The summed E-state index contributed by atoms with van der Waals surface area (Å²) in [7, 11) is 0. The first-order valence-corrected chi connectivity index (χ1v) is 9.46. The van der Waals surface area contributed by atoms with Crippen LogP contribution >= 0.6 is 0 Å². The molecule has 0 unspecified atom stereocenters. The average molecular weight is 379 g/mol. The number of aromatic nitrogens is 2. The Morgan fingerprint density at radius 3 is 2.32 bits per heavy atom. The molecule has 0 aliphatic heterocycles. The van der Waals surface area contributed by atoms with Crippen LogP contribution in [0.1, 0.15) is 31.4 Å². The van der Waals surface area contributed by atoms with Gasteiger partial charge in [-0.15, -0.1) is 0 Å². The predicted octanol–water partition coefficient (Wildman–Crippen LogP) is 4.17. The number of hydrogen-bond donors (Lipinski definition) is 2. The van der Waals surface area contributed by atoms with Crippen molar-refractivity contribution in [2.24, 2.45) is 5.92 Å². The van der Waals surface area contributed by atoms with E-state index in [1.165, 1.54) is 5.56 Å². The van der Waals surface area contributed by atoms with Gasteiger partial charge in [-0.05, 0) is 35.6 Å². The number of carboxylic acid groups (broad SMARTS) is 1. The molecule has 0 spiro atoms. The zero-order chi connectivity index (χ0) is 19.9. The Labute approximate surface area is 164 Å². The van der Waals surface area contributed by atoms with Gasteiger partial charge in [-0.2, -0.15) is 4.98 Å². The number of nitrogens with one attached hydrogen (secondary N) is 1. The van der Waals surface area contributed by atoms with Gasteiger partial charge in [-0.25, -0.2) is 0 Å². The van der Waals surface area contributed by atoms with Gasteiger partial charge in [0, 0.05) is 24.2 Å². The third-order valence-electron chi connectivity index (χ3n) is 4.33. The van der Waals surface area contributed by atoms with Gasteiger partial charge in [-0.1, -0.05) is 55.4 Å². The Morgan fingerprint density at radius 1 is 1.04 bits per heavy atom. The fraction of sp³-hybridized carbons (Fsp3) is 0.318. The van der Waals surface area contributed by atoms with Crippen LogP contribution in [-0.2, 0) is 17.8 Å². The van der Waals surface area contributed by atoms with Gasteiger partial charge < -0.3 is 14.9 Å². The lowest BCUT2D eigenvalue weighted by molar-refractivity contribution is -0.136. The van der Waals surface area contributed by atoms with E-state index in [2.05, 4.69) is 41.4 Å². The van der Waals surface area contributed by atoms with Crippen LogP contribution in [0.15, 0.2) is 53.1 Å². The van der Waals surface area contributed by atoms with Crippen molar-refractivity contribution in [1.82, 2.24) is 15.5 Å². The lowest BCUT2D eigenvalue weighted by Gasteiger charge is -2.04. The lowest BCUT2D eigenvalue weighted by Crippen LogP contribution is -2.17. The van der Waals surface area contributed by atoms with E-state index in [1.807, 2.05) is 36.4 Å². The van der Waals surface area contributed by atoms with Gasteiger partial charge in [0.1, 0.15) is 0 Å². The molecule has 0 saturated heterocycles. The second kappa shape index (κ2) is 9.28. The zero-order valence-corrected chi connectivity index (χ0v) is 16.2. The van der Waals surface area contributed by atoms with Crippen LogP contribution < -0.4 is 5.32 Å². The Balaban J connectivity index is 1.62. The molecule has 0 bridgehead atoms. The van der Waals surface area contributed by atoms with E-state index in [9.17, 15) is 4.79 Å². The van der Waals surface area contributed by atoms with Crippen molar-refractivity contribution < 1.29 is 14.4 Å². The molecule has 3 rings (SSSR count). The number of carbonyl (C=O) groups is 1. The first-order chi connectivity index (χ1) is 13.5. The molecule has 0 fully saturated rings. The molecule has 0 saturated carbocycles. The van der Waals surface area contributed by atoms with Crippen LogP contribution in [0.4, 0.5) is 0 Å². The maximum absolute atomic E-state index is 10.5. The van der Waals surface area contributed by atoms with E-state index in [1.54, 1.807) is 0 Å². The van der Waals surface area contributed by atoms with Gasteiger partial charge in [0.2, 0.25) is 5.82 Å². The summed E-state index contributed by atoms with van der Waals surface area (Å²) < 4.78 is 5.43. The molecular formula is C22H25N3O3. The van der Waals surface area contributed by atoms with E-state index in [0.29, 0.717) is 30.7 Å². The fourth-order valence-electron chi connectivity index (χ4n) is 2.91. The monoisotopic (exact) mass is 379 g/mol. The highest BCUT2D eigenvalue weighted by Crippen LogP contribution is 2.23. The quantitative estimate of drug-likeness (QED) is 0.543. The standard InChI is InChI=1S/C22H25N3O3/c1-15(2)13-16-3-9-19(10-4-16)22-24-21(25-28-22)18-7-5-17(6-8-18)14-23-12-11-20(26)27/h3-10,15,23H,11-14H2,1-2H3,(H,26,27). The minimum Gasteiger partial charge on any atom is -0.481 e. The van der Waals surface area contributed by atoms with Crippen LogP contribution in [0, 0.1) is 5.92 Å². The third-order valence-corrected chi connectivity index (χ3v) is 4.33. The van der Waals surface area contributed by atoms with E-state index >= 15 is 0 Å². The topological polar surface area (TPSA) is 88.2 Å². The minimum atomic E-state index is -0.801. The van der Waals surface area contributed by atoms with Crippen LogP contribution in [0.3, 0.4) is 0 Å². The second-order valence-corrected chi connectivity index (χ2v) is 7.24. The van der Waals surface area contributed by atoms with Crippen molar-refractivity contribution in [2.45, 2.75) is 33.2 Å². The predicted molar refractivity (Wildman–Crippen MR) is 108 cm³/mol. The average Bonchev–Trinajstić information content (AvgIpc) is 3.16. The van der Waals surface area contributed by atoms with E-state index in [4.69, 9.17) is 9.63 Å². The van der Waals surface area contributed by atoms with Crippen LogP contribution in [-0.4, -0.2) is 27.8 Å². The molecule has 0 atom stereocenters. The van der Waals surface area contributed by atoms with Gasteiger partial charge in [0.15, 0.2) is 0 Å². The molecule has 0 amide bonds. The highest BCUT2D eigenvalue weighted by atomic mass is 16.5. The third kappa shape index (κ3) is 5.50. The summed E-state index contributed by atoms with van der Waals surface area (Å²) in [5.74, 6) is 0.874. The maximum atomic E-state index is 10.5. The highest BCUT2D eigenvalue weighted by molar-refractivity contribution is 5.66. The molecule has 6 nitrogen and oxygen atoms in total. The number of aliphatic carboxylic acids is 1. The summed E-state index contributed by atoms with van der Waals surface area (Å²) >= 11 is 0. The van der Waals surface area contributed by atoms with Crippen molar-refractivity contribution in [2.75, 3.05) is 6.54 Å². The number of nitrogens with zero attached hydrogens (tertiary/aromatic N) is 2. The molecule has 1 aromatic heterocycles. The molecule has 0 aliphatic rings. The Kier molecular flexibility index (Phi) is 6.55. The van der Waals surface area contributed by atoms with Crippen molar-refractivity contribution in [3.63, 3.8) is 0 Å². The van der Waals surface area contributed by atoms with E-state index in [0.717, 1.165) is 23.1 Å². The molecule has 0 radical (unpaired) electrons. The first kappa shape index (κ1) is 19.8. The molecule has 3 aromatic rings. The maximum Gasteiger partial charge on any atom is 0.304 e. The summed E-state index contributed by atoms with van der Waals surface area (Å²) in [4.78, 5) is 15.0. The lowest BCUT2D eigenvalue weighted by atomic mass is 10.0. The number of hydrogen-bond acceptors (Lipinski definition) is 5. The van der Waals surface area contributed by atoms with Gasteiger partial charge in [0.05, 0.1) is 6.42 Å². The number of rotatable bonds is 9. The van der Waals surface area contributed by atoms with E-state index in [-0.39, 0.29) is 6.42 Å². The Hall–Kier alpha value is -2.99. The van der Waals surface area contributed by atoms with Gasteiger partial charge in [-0.3, -0.25) is 4.79 Å². The Bertz CT molecular complexity index is 900. The molecular weight excluding hydrogens is 354 g/mol. The summed E-state index contributed by atoms with van der Waals surface area (Å²) in [6.45, 7) is 5.47. The van der Waals surface area contributed by atoms with Crippen molar-refractivity contribution >= 4 is 5.97 Å². The summed E-state index contributed by atoms with van der Waals surface area (Å²) in [6.07, 6.45) is 1.16. The molecule has 2 aromatic carbocycles. The van der Waals surface area contributed by atoms with E-state index < -0.39 is 5.97 Å². The highest BCUT2D eigenvalue weighted by Gasteiger charge is 2.11. The summed E-state index contributed by atoms with van der Waals surface area (Å²) in [5, 5.41) is 15.8. The Morgan fingerprint density at radius 2 is 1.68 bits per heavy atom. The minimum absolute atomic E-state index is 0.113. The largest absolute Gasteiger partial charge is 0.481 e. The molecule has 146 valence electrons. The number of benzene rings is 2. The molecule has 2 N–H and O–H groups in total. The normalized spacial score (nSPS) is 11.1. The van der Waals surface area contributed by atoms with Crippen molar-refractivity contribution in [3.05, 3.63) is 59.7 Å². The zero-order valence-electron chi connectivity index (χ0n) is 16.2. The molecule has 28 heavy (non-hydrogen) atoms. The smallest absolute Gasteiger partial charge is 0.304 e. The number of carboxylic acids is 1. The second-order valence-electron chi connectivity index (χ2n) is 7.24. The van der Waals surface area contributed by atoms with Gasteiger partial charge in [0.25, 0.3) is 5.89 Å². The summed E-state index contributed by atoms with van der Waals surface area (Å²) in [6, 6.07) is 16.1. The molecule has 6 heteroatoms. The van der Waals surface area contributed by atoms with Gasteiger partial charge >= 0.3 is 5.97 Å². The molecule has 1 heterocycles. The first-order valence-electron chi connectivity index (χ1n) is 9.46. The van der Waals surface area contributed by atoms with Crippen LogP contribution in [0.5, 0.6) is 0 Å². The van der Waals surface area contributed by atoms with Crippen LogP contribution in [0.25, 0.3) is 22.8 Å². The van der Waals surface area contributed by atoms with Crippen LogP contribution in [0.2, 0.25) is 0 Å². The van der Waals surface area contributed by atoms with Crippen molar-refractivity contribution in [1.29, 1.82) is 0 Å². The SMILES string of the molecule is CC(C)Cc1ccc(-c2nc(-c3ccc(CNCCC(=O)O)cc3)no2)cc1. The summed E-state index contributed by atoms with van der Waals surface area (Å²) in [5.41, 5.74) is 4.15. The fourth-order valence-corrected chi connectivity index (χ4v) is 2.91. The van der Waals surface area contributed by atoms with Crippen molar-refractivity contribution in [3.8, 4) is 22.8 Å².